The van der Waals surface area contributed by atoms with Crippen LogP contribution in [-0.2, 0) is 0 Å². The van der Waals surface area contributed by atoms with E-state index in [0.29, 0.717) is 5.69 Å². The highest BCUT2D eigenvalue weighted by Gasteiger charge is 2.24. The molecule has 9 heteroatoms. The number of nitrogens with zero attached hydrogens (tertiary/aromatic N) is 3. The Labute approximate surface area is 146 Å². The second-order valence-electron chi connectivity index (χ2n) is 5.42. The molecule has 0 aliphatic rings. The van der Waals surface area contributed by atoms with E-state index in [4.69, 9.17) is 0 Å². The zero-order valence-electron chi connectivity index (χ0n) is 13.5. The minimum absolute atomic E-state index is 0.0758. The largest absolute Gasteiger partial charge is 0.353 e. The van der Waals surface area contributed by atoms with Crippen LogP contribution >= 0.6 is 0 Å². The Bertz CT molecular complexity index is 964. The molecule has 0 radical (unpaired) electrons. The first-order valence-corrected chi connectivity index (χ1v) is 7.49. The van der Waals surface area contributed by atoms with Crippen molar-refractivity contribution in [3.05, 3.63) is 76.1 Å². The van der Waals surface area contributed by atoms with E-state index in [1.165, 1.54) is 0 Å². The summed E-state index contributed by atoms with van der Waals surface area (Å²) in [6.45, 7) is 1.91. The van der Waals surface area contributed by atoms with Crippen LogP contribution < -0.4 is 10.6 Å². The van der Waals surface area contributed by atoms with E-state index in [9.17, 15) is 18.9 Å². The van der Waals surface area contributed by atoms with Gasteiger partial charge in [0.05, 0.1) is 10.6 Å². The Morgan fingerprint density at radius 2 is 1.65 bits per heavy atom. The molecule has 7 nitrogen and oxygen atoms in total. The Kier molecular flexibility index (Phi) is 4.70. The van der Waals surface area contributed by atoms with Crippen LogP contribution in [-0.4, -0.2) is 14.9 Å². The molecule has 0 aliphatic heterocycles. The number of aromatic nitrogens is 2. The van der Waals surface area contributed by atoms with Crippen LogP contribution in [0.5, 0.6) is 0 Å². The van der Waals surface area contributed by atoms with Gasteiger partial charge in [0.25, 0.3) is 0 Å². The zero-order valence-corrected chi connectivity index (χ0v) is 13.5. The molecule has 0 fully saturated rings. The van der Waals surface area contributed by atoms with Crippen LogP contribution in [0.15, 0.2) is 48.8 Å². The van der Waals surface area contributed by atoms with Gasteiger partial charge in [-0.05, 0) is 31.2 Å². The number of anilines is 4. The van der Waals surface area contributed by atoms with Gasteiger partial charge in [-0.15, -0.1) is 0 Å². The van der Waals surface area contributed by atoms with Gasteiger partial charge in [0, 0.05) is 11.8 Å². The first-order valence-electron chi connectivity index (χ1n) is 7.49. The first-order chi connectivity index (χ1) is 12.4. The van der Waals surface area contributed by atoms with Crippen molar-refractivity contribution >= 4 is 28.7 Å². The smallest absolute Gasteiger partial charge is 0.334 e. The highest BCUT2D eigenvalue weighted by molar-refractivity contribution is 5.76. The van der Waals surface area contributed by atoms with Gasteiger partial charge in [0.15, 0.2) is 0 Å². The molecule has 3 aromatic rings. The lowest BCUT2D eigenvalue weighted by Gasteiger charge is -2.11. The third kappa shape index (κ3) is 3.72. The number of hydrogen-bond acceptors (Lipinski definition) is 6. The standard InChI is InChI=1S/C17H13F2N5O2/c1-10-2-5-12(6-3-10)22-16-15(24(25)26)17(21-9-20-16)23-14-8-11(18)4-7-13(14)19/h2-9H,1H3,(H2,20,21,22,23). The summed E-state index contributed by atoms with van der Waals surface area (Å²) in [5.41, 5.74) is 0.849. The van der Waals surface area contributed by atoms with E-state index in [1.54, 1.807) is 12.1 Å². The number of benzene rings is 2. The average Bonchev–Trinajstić information content (AvgIpc) is 2.60. The van der Waals surface area contributed by atoms with Gasteiger partial charge in [0.2, 0.25) is 11.6 Å². The number of nitrogens with one attached hydrogen (secondary N) is 2. The quantitative estimate of drug-likeness (QED) is 0.517. The molecule has 1 heterocycles. The maximum Gasteiger partial charge on any atom is 0.353 e. The van der Waals surface area contributed by atoms with Crippen LogP contribution in [0.3, 0.4) is 0 Å². The summed E-state index contributed by atoms with van der Waals surface area (Å²) in [5, 5.41) is 16.8. The average molecular weight is 357 g/mol. The summed E-state index contributed by atoms with van der Waals surface area (Å²) in [7, 11) is 0. The summed E-state index contributed by atoms with van der Waals surface area (Å²) in [6, 6.07) is 9.87. The molecule has 0 saturated carbocycles. The van der Waals surface area contributed by atoms with Crippen molar-refractivity contribution in [1.82, 2.24) is 9.97 Å². The second kappa shape index (κ2) is 7.09. The summed E-state index contributed by atoms with van der Waals surface area (Å²) in [6.07, 6.45) is 1.09. The van der Waals surface area contributed by atoms with Gasteiger partial charge in [-0.2, -0.15) is 0 Å². The fourth-order valence-electron chi connectivity index (χ4n) is 2.23. The summed E-state index contributed by atoms with van der Waals surface area (Å²) >= 11 is 0. The Balaban J connectivity index is 1.99. The van der Waals surface area contributed by atoms with Crippen molar-refractivity contribution < 1.29 is 13.7 Å². The highest BCUT2D eigenvalue weighted by Crippen LogP contribution is 2.33. The highest BCUT2D eigenvalue weighted by atomic mass is 19.1. The molecule has 0 atom stereocenters. The van der Waals surface area contributed by atoms with Gasteiger partial charge >= 0.3 is 5.69 Å². The second-order valence-corrected chi connectivity index (χ2v) is 5.42. The fourth-order valence-corrected chi connectivity index (χ4v) is 2.23. The molecule has 3 rings (SSSR count). The van der Waals surface area contributed by atoms with E-state index in [1.807, 2.05) is 19.1 Å². The molecule has 0 saturated heterocycles. The molecule has 1 aromatic heterocycles. The van der Waals surface area contributed by atoms with E-state index >= 15 is 0 Å². The number of nitro groups is 1. The molecule has 0 bridgehead atoms. The lowest BCUT2D eigenvalue weighted by Crippen LogP contribution is -2.06. The first kappa shape index (κ1) is 17.2. The minimum Gasteiger partial charge on any atom is -0.334 e. The van der Waals surface area contributed by atoms with Gasteiger partial charge in [-0.3, -0.25) is 10.1 Å². The molecular weight excluding hydrogens is 344 g/mol. The summed E-state index contributed by atoms with van der Waals surface area (Å²) in [4.78, 5) is 18.5. The Morgan fingerprint density at radius 3 is 2.31 bits per heavy atom. The Morgan fingerprint density at radius 1 is 1.00 bits per heavy atom. The van der Waals surface area contributed by atoms with E-state index in [-0.39, 0.29) is 17.3 Å². The molecule has 2 aromatic carbocycles. The van der Waals surface area contributed by atoms with Gasteiger partial charge in [0.1, 0.15) is 18.0 Å². The maximum absolute atomic E-state index is 13.8. The predicted molar refractivity (Wildman–Crippen MR) is 92.8 cm³/mol. The van der Waals surface area contributed by atoms with Crippen LogP contribution in [0.2, 0.25) is 0 Å². The fraction of sp³-hybridized carbons (Fsp3) is 0.0588. The van der Waals surface area contributed by atoms with Crippen molar-refractivity contribution in [3.8, 4) is 0 Å². The lowest BCUT2D eigenvalue weighted by atomic mass is 10.2. The van der Waals surface area contributed by atoms with Crippen LogP contribution in [0.1, 0.15) is 5.56 Å². The zero-order chi connectivity index (χ0) is 18.7. The molecule has 0 spiro atoms. The third-order valence-electron chi connectivity index (χ3n) is 3.50. The number of rotatable bonds is 5. The molecule has 132 valence electrons. The molecule has 26 heavy (non-hydrogen) atoms. The van der Waals surface area contributed by atoms with Crippen LogP contribution in [0.4, 0.5) is 37.5 Å². The van der Waals surface area contributed by atoms with Crippen molar-refractivity contribution in [2.45, 2.75) is 6.92 Å². The topological polar surface area (TPSA) is 93.0 Å². The normalized spacial score (nSPS) is 10.4. The van der Waals surface area contributed by atoms with Gasteiger partial charge in [-0.1, -0.05) is 17.7 Å². The van der Waals surface area contributed by atoms with Crippen molar-refractivity contribution in [1.29, 1.82) is 0 Å². The van der Waals surface area contributed by atoms with Crippen molar-refractivity contribution in [2.24, 2.45) is 0 Å². The van der Waals surface area contributed by atoms with Crippen LogP contribution in [0, 0.1) is 28.7 Å². The van der Waals surface area contributed by atoms with Crippen molar-refractivity contribution in [3.63, 3.8) is 0 Å². The maximum atomic E-state index is 13.8. The third-order valence-corrected chi connectivity index (χ3v) is 3.50. The molecule has 0 unspecified atom stereocenters. The number of hydrogen-bond donors (Lipinski definition) is 2. The summed E-state index contributed by atoms with van der Waals surface area (Å²) in [5.74, 6) is -1.80. The van der Waals surface area contributed by atoms with E-state index in [0.717, 1.165) is 30.1 Å². The number of aryl methyl sites for hydroxylation is 1. The van der Waals surface area contributed by atoms with Crippen molar-refractivity contribution in [2.75, 3.05) is 10.6 Å². The monoisotopic (exact) mass is 357 g/mol. The lowest BCUT2D eigenvalue weighted by molar-refractivity contribution is -0.383. The molecular formula is C17H13F2N5O2. The van der Waals surface area contributed by atoms with Gasteiger partial charge in [-0.25, -0.2) is 18.7 Å². The molecule has 0 aliphatic carbocycles. The number of halogens is 2. The SMILES string of the molecule is Cc1ccc(Nc2ncnc(Nc3cc(F)ccc3F)c2[N+](=O)[O-])cc1. The van der Waals surface area contributed by atoms with E-state index < -0.39 is 22.2 Å². The Hall–Kier alpha value is -3.62. The molecule has 0 amide bonds. The van der Waals surface area contributed by atoms with E-state index in [2.05, 4.69) is 20.6 Å². The summed E-state index contributed by atoms with van der Waals surface area (Å²) < 4.78 is 27.1. The van der Waals surface area contributed by atoms with Gasteiger partial charge < -0.3 is 10.6 Å². The van der Waals surface area contributed by atoms with Crippen LogP contribution in [0.25, 0.3) is 0 Å². The predicted octanol–water partition coefficient (Wildman–Crippen LogP) is 4.46. The molecule has 2 N–H and O–H groups in total. The minimum atomic E-state index is -0.771.